The van der Waals surface area contributed by atoms with Crippen LogP contribution in [0.5, 0.6) is 0 Å². The van der Waals surface area contributed by atoms with E-state index in [1.807, 2.05) is 0 Å². The lowest BCUT2D eigenvalue weighted by atomic mass is 10.4. The topological polar surface area (TPSA) is 17.1 Å². The Morgan fingerprint density at radius 3 is 2.27 bits per heavy atom. The van der Waals surface area contributed by atoms with Crippen molar-refractivity contribution in [2.45, 2.75) is 6.92 Å². The van der Waals surface area contributed by atoms with Crippen molar-refractivity contribution in [1.82, 2.24) is 0 Å². The van der Waals surface area contributed by atoms with Gasteiger partial charge in [0.15, 0.2) is 0 Å². The van der Waals surface area contributed by atoms with Gasteiger partial charge in [-0.3, -0.25) is 0 Å². The highest BCUT2D eigenvalue weighted by molar-refractivity contribution is 7.93. The van der Waals surface area contributed by atoms with Gasteiger partial charge in [-0.1, -0.05) is 56.2 Å². The first kappa shape index (κ1) is 13.6. The molecular weight excluding hydrogens is 204 g/mol. The maximum atomic E-state index is 11.7. The summed E-state index contributed by atoms with van der Waals surface area (Å²) in [5.41, 5.74) is 0. The SMILES string of the molecule is C=C/C=C\C=C(/C)S(=O)C(=C)/C=C\C=C. The second-order valence-electron chi connectivity index (χ2n) is 2.73. The summed E-state index contributed by atoms with van der Waals surface area (Å²) < 4.78 is 11.7. The molecule has 15 heavy (non-hydrogen) atoms. The third-order valence-electron chi connectivity index (χ3n) is 1.53. The van der Waals surface area contributed by atoms with Crippen LogP contribution in [0.1, 0.15) is 6.92 Å². The first-order valence-corrected chi connectivity index (χ1v) is 5.64. The van der Waals surface area contributed by atoms with Crippen LogP contribution in [0.15, 0.2) is 72.1 Å². The summed E-state index contributed by atoms with van der Waals surface area (Å²) in [5, 5.41) is 0. The Morgan fingerprint density at radius 1 is 1.13 bits per heavy atom. The lowest BCUT2D eigenvalue weighted by Crippen LogP contribution is -1.91. The Bertz CT molecular complexity index is 357. The Hall–Kier alpha value is -1.41. The molecule has 0 heterocycles. The summed E-state index contributed by atoms with van der Waals surface area (Å²) in [7, 11) is -1.17. The molecule has 0 aromatic heterocycles. The average Bonchev–Trinajstić information content (AvgIpc) is 2.24. The molecule has 0 aliphatic heterocycles. The van der Waals surface area contributed by atoms with Crippen molar-refractivity contribution < 1.29 is 4.21 Å². The van der Waals surface area contributed by atoms with Gasteiger partial charge in [-0.2, -0.15) is 0 Å². The number of rotatable bonds is 6. The van der Waals surface area contributed by atoms with E-state index in [1.54, 1.807) is 49.5 Å². The summed E-state index contributed by atoms with van der Waals surface area (Å²) in [6.45, 7) is 12.6. The Labute approximate surface area is 94.4 Å². The van der Waals surface area contributed by atoms with Gasteiger partial charge < -0.3 is 0 Å². The van der Waals surface area contributed by atoms with Crippen LogP contribution in [-0.2, 0) is 10.8 Å². The van der Waals surface area contributed by atoms with Crippen LogP contribution in [0, 0.1) is 0 Å². The van der Waals surface area contributed by atoms with E-state index in [0.29, 0.717) is 4.91 Å². The monoisotopic (exact) mass is 220 g/mol. The maximum absolute atomic E-state index is 11.7. The third-order valence-corrected chi connectivity index (χ3v) is 2.86. The molecule has 1 unspecified atom stereocenters. The molecule has 0 rings (SSSR count). The van der Waals surface area contributed by atoms with Gasteiger partial charge in [0.05, 0.1) is 10.8 Å². The maximum Gasteiger partial charge on any atom is 0.0799 e. The second-order valence-corrected chi connectivity index (χ2v) is 4.43. The van der Waals surface area contributed by atoms with E-state index in [9.17, 15) is 4.21 Å². The van der Waals surface area contributed by atoms with Crippen molar-refractivity contribution in [3.8, 4) is 0 Å². The van der Waals surface area contributed by atoms with Gasteiger partial charge in [0.25, 0.3) is 0 Å². The summed E-state index contributed by atoms with van der Waals surface area (Å²) in [4.78, 5) is 1.32. The van der Waals surface area contributed by atoms with Gasteiger partial charge in [-0.15, -0.1) is 0 Å². The van der Waals surface area contributed by atoms with E-state index in [0.717, 1.165) is 4.91 Å². The molecule has 0 amide bonds. The molecule has 0 saturated heterocycles. The molecule has 0 fully saturated rings. The van der Waals surface area contributed by atoms with E-state index in [4.69, 9.17) is 0 Å². The molecule has 0 radical (unpaired) electrons. The molecule has 0 aromatic rings. The molecule has 0 aliphatic rings. The molecule has 80 valence electrons. The summed E-state index contributed by atoms with van der Waals surface area (Å²) in [6.07, 6.45) is 12.1. The van der Waals surface area contributed by atoms with E-state index in [1.165, 1.54) is 0 Å². The van der Waals surface area contributed by atoms with Crippen molar-refractivity contribution in [3.63, 3.8) is 0 Å². The molecule has 0 N–H and O–H groups in total. The van der Waals surface area contributed by atoms with E-state index < -0.39 is 10.8 Å². The smallest absolute Gasteiger partial charge is 0.0799 e. The predicted molar refractivity (Wildman–Crippen MR) is 69.7 cm³/mol. The van der Waals surface area contributed by atoms with E-state index in [-0.39, 0.29) is 0 Å². The van der Waals surface area contributed by atoms with Crippen LogP contribution in [0.4, 0.5) is 0 Å². The predicted octanol–water partition coefficient (Wildman–Crippen LogP) is 3.64. The molecule has 0 spiro atoms. The molecule has 0 bridgehead atoms. The fourth-order valence-corrected chi connectivity index (χ4v) is 1.59. The highest BCUT2D eigenvalue weighted by Gasteiger charge is 2.02. The molecule has 0 aromatic carbocycles. The van der Waals surface area contributed by atoms with Gasteiger partial charge in [-0.25, -0.2) is 4.21 Å². The van der Waals surface area contributed by atoms with Crippen molar-refractivity contribution in [1.29, 1.82) is 0 Å². The van der Waals surface area contributed by atoms with Crippen LogP contribution in [0.25, 0.3) is 0 Å². The molecular formula is C13H16OS. The van der Waals surface area contributed by atoms with E-state index in [2.05, 4.69) is 19.7 Å². The molecule has 2 heteroatoms. The Balaban J connectivity index is 4.57. The minimum atomic E-state index is -1.17. The zero-order chi connectivity index (χ0) is 11.7. The highest BCUT2D eigenvalue weighted by Crippen LogP contribution is 2.11. The van der Waals surface area contributed by atoms with Crippen molar-refractivity contribution in [3.05, 3.63) is 72.1 Å². The fourth-order valence-electron chi connectivity index (χ4n) is 0.775. The van der Waals surface area contributed by atoms with Crippen LogP contribution in [-0.4, -0.2) is 4.21 Å². The Morgan fingerprint density at radius 2 is 1.73 bits per heavy atom. The minimum absolute atomic E-state index is 0.565. The molecule has 1 nitrogen and oxygen atoms in total. The zero-order valence-electron chi connectivity index (χ0n) is 8.98. The van der Waals surface area contributed by atoms with Crippen molar-refractivity contribution >= 4 is 10.8 Å². The second kappa shape index (κ2) is 7.94. The van der Waals surface area contributed by atoms with Gasteiger partial charge in [0, 0.05) is 9.81 Å². The van der Waals surface area contributed by atoms with Gasteiger partial charge in [-0.05, 0) is 13.0 Å². The van der Waals surface area contributed by atoms with Crippen molar-refractivity contribution in [2.75, 3.05) is 0 Å². The van der Waals surface area contributed by atoms with Crippen LogP contribution < -0.4 is 0 Å². The quantitative estimate of drug-likeness (QED) is 0.625. The summed E-state index contributed by atoms with van der Waals surface area (Å²) >= 11 is 0. The normalized spacial score (nSPS) is 14.3. The van der Waals surface area contributed by atoms with Crippen LogP contribution >= 0.6 is 0 Å². The Kier molecular flexibility index (Phi) is 7.20. The number of hydrogen-bond donors (Lipinski definition) is 0. The molecule has 0 saturated carbocycles. The van der Waals surface area contributed by atoms with Crippen molar-refractivity contribution in [2.24, 2.45) is 0 Å². The fraction of sp³-hybridized carbons (Fsp3) is 0.0769. The number of hydrogen-bond acceptors (Lipinski definition) is 1. The standard InChI is InChI=1S/C13H16OS/c1-5-7-9-11-13(4)15(14)12(3)10-8-6-2/h5-11H,1-3H2,4H3/b9-7-,10-8-,13-11+. The summed E-state index contributed by atoms with van der Waals surface area (Å²) in [6, 6.07) is 0. The van der Waals surface area contributed by atoms with Gasteiger partial charge in [0.1, 0.15) is 0 Å². The largest absolute Gasteiger partial charge is 0.249 e. The van der Waals surface area contributed by atoms with Crippen LogP contribution in [0.2, 0.25) is 0 Å². The highest BCUT2D eigenvalue weighted by atomic mass is 32.2. The van der Waals surface area contributed by atoms with E-state index >= 15 is 0 Å². The first-order chi connectivity index (χ1) is 7.13. The lowest BCUT2D eigenvalue weighted by molar-refractivity contribution is 0.691. The zero-order valence-corrected chi connectivity index (χ0v) is 9.80. The minimum Gasteiger partial charge on any atom is -0.249 e. The summed E-state index contributed by atoms with van der Waals surface area (Å²) in [5.74, 6) is 0. The average molecular weight is 220 g/mol. The third kappa shape index (κ3) is 5.81. The van der Waals surface area contributed by atoms with Gasteiger partial charge in [0.2, 0.25) is 0 Å². The lowest BCUT2D eigenvalue weighted by Gasteiger charge is -1.99. The molecule has 0 aliphatic carbocycles. The number of allylic oxidation sites excluding steroid dienone is 8. The first-order valence-electron chi connectivity index (χ1n) is 4.49. The van der Waals surface area contributed by atoms with Crippen LogP contribution in [0.3, 0.4) is 0 Å². The van der Waals surface area contributed by atoms with Gasteiger partial charge >= 0.3 is 0 Å². The molecule has 1 atom stereocenters.